The number of rotatable bonds is 0. The normalized spacial score (nSPS) is 7.20. The molecule has 0 aromatic carbocycles. The summed E-state index contributed by atoms with van der Waals surface area (Å²) in [6.45, 7) is 0. The van der Waals surface area contributed by atoms with E-state index in [1.54, 1.807) is 0 Å². The van der Waals surface area contributed by atoms with Crippen molar-refractivity contribution in [1.29, 1.82) is 0 Å². The van der Waals surface area contributed by atoms with Crippen LogP contribution in [0.5, 0.6) is 0 Å². The fourth-order valence-corrected chi connectivity index (χ4v) is 0. The van der Waals surface area contributed by atoms with Gasteiger partial charge in [-0.1, -0.05) is 0 Å². The van der Waals surface area contributed by atoms with E-state index in [0.717, 1.165) is 0 Å². The van der Waals surface area contributed by atoms with Crippen molar-refractivity contribution in [2.75, 3.05) is 14.1 Å². The number of hydrogen-bond donors (Lipinski definition) is 0. The predicted molar refractivity (Wildman–Crippen MR) is 19.4 cm³/mol. The molecule has 0 aromatic rings. The molecule has 1 nitrogen and oxygen atoms in total. The second kappa shape index (κ2) is 3.48. The van der Waals surface area contributed by atoms with Crippen molar-refractivity contribution in [3.63, 3.8) is 0 Å². The first-order chi connectivity index (χ1) is 1.73. The largest absolute Gasteiger partial charge is 0 e. The molecule has 0 saturated carbocycles. The maximum atomic E-state index is 2.74. The summed E-state index contributed by atoms with van der Waals surface area (Å²) in [4.78, 5) is 0. The SMILES string of the molecule is CN(C)[Se].[Sg]. The molecular weight excluding hydrogens is 386 g/mol. The van der Waals surface area contributed by atoms with E-state index >= 15 is 0 Å². The van der Waals surface area contributed by atoms with E-state index in [1.807, 2.05) is 18.0 Å². The predicted octanol–water partition coefficient (Wildman–Crippen LogP) is -0.369. The topological polar surface area (TPSA) is 3.24 Å². The summed E-state index contributed by atoms with van der Waals surface area (Å²) in [5.74, 6) is 0. The van der Waals surface area contributed by atoms with Gasteiger partial charge in [-0.25, -0.2) is 0 Å². The van der Waals surface area contributed by atoms with Crippen LogP contribution >= 0.6 is 0 Å². The van der Waals surface area contributed by atoms with E-state index in [1.165, 1.54) is 0 Å². The Balaban J connectivity index is 0. The van der Waals surface area contributed by atoms with Crippen LogP contribution in [-0.4, -0.2) is 34.2 Å². The van der Waals surface area contributed by atoms with Crippen LogP contribution in [0.25, 0.3) is 0 Å². The Morgan fingerprint density at radius 2 is 1.40 bits per heavy atom. The van der Waals surface area contributed by atoms with Crippen LogP contribution in [0.15, 0.2) is 0 Å². The molecule has 0 aromatic heterocycles. The molecule has 0 aliphatic heterocycles. The van der Waals surface area contributed by atoms with E-state index in [-0.39, 0.29) is 0 Å². The average molecular weight is 392 g/mol. The second-order valence-corrected chi connectivity index (χ2v) is 2.34. The van der Waals surface area contributed by atoms with Crippen LogP contribution in [0.1, 0.15) is 0 Å². The quantitative estimate of drug-likeness (QED) is 0.509. The molecule has 0 spiro atoms. The van der Waals surface area contributed by atoms with Gasteiger partial charge in [0.1, 0.15) is 0 Å². The summed E-state index contributed by atoms with van der Waals surface area (Å²) in [5.41, 5.74) is 0. The molecule has 0 fully saturated rings. The van der Waals surface area contributed by atoms with Crippen molar-refractivity contribution in [3.05, 3.63) is 0 Å². The Kier molecular flexibility index (Phi) is 6.14. The van der Waals surface area contributed by atoms with Gasteiger partial charge in [-0.3, -0.25) is 0 Å². The Bertz CT molecular complexity index is 14.4. The molecular formula is C2H6NSeSg. The van der Waals surface area contributed by atoms with E-state index in [4.69, 9.17) is 0 Å². The average Bonchev–Trinajstić information content (AvgIpc) is 0.811. The molecule has 0 saturated heterocycles. The van der Waals surface area contributed by atoms with Crippen molar-refractivity contribution in [1.82, 2.24) is 3.92 Å². The monoisotopic (exact) mass is 395 g/mol. The van der Waals surface area contributed by atoms with Gasteiger partial charge in [0.25, 0.3) is 0 Å². The summed E-state index contributed by atoms with van der Waals surface area (Å²) in [6.07, 6.45) is 0. The Morgan fingerprint density at radius 1 is 1.40 bits per heavy atom. The zero-order chi connectivity index (χ0) is 3.58. The van der Waals surface area contributed by atoms with Gasteiger partial charge in [0.15, 0.2) is 0 Å². The molecule has 0 atom stereocenters. The first kappa shape index (κ1) is 8.82. The van der Waals surface area contributed by atoms with Crippen LogP contribution < -0.4 is 0 Å². The molecule has 5 heavy (non-hydrogen) atoms. The minimum Gasteiger partial charge on any atom is 0 e. The molecule has 0 heterocycles. The van der Waals surface area contributed by atoms with Crippen LogP contribution in [-0.2, 0) is 0 Å². The summed E-state index contributed by atoms with van der Waals surface area (Å²) in [6, 6.07) is 0. The third kappa shape index (κ3) is 28.1. The van der Waals surface area contributed by atoms with E-state index in [9.17, 15) is 0 Å². The van der Waals surface area contributed by atoms with Gasteiger partial charge < -0.3 is 0 Å². The number of nitrogens with zero attached hydrogens (tertiary/aromatic N) is 1. The smallest absolute Gasteiger partial charge is 0 e. The fourth-order valence-electron chi connectivity index (χ4n) is 0. The van der Waals surface area contributed by atoms with Gasteiger partial charge in [-0.15, -0.1) is 0 Å². The Labute approximate surface area is 35.0 Å². The first-order valence-electron chi connectivity index (χ1n) is 1.08. The van der Waals surface area contributed by atoms with Gasteiger partial charge in [0.2, 0.25) is 0 Å². The molecule has 0 aliphatic rings. The molecule has 3 heteroatoms. The summed E-state index contributed by atoms with van der Waals surface area (Å²) in [7, 11) is 3.89. The van der Waals surface area contributed by atoms with Crippen molar-refractivity contribution in [2.24, 2.45) is 0 Å². The third-order valence-corrected chi connectivity index (χ3v) is 0. The van der Waals surface area contributed by atoms with Gasteiger partial charge in [0.05, 0.1) is 0 Å². The van der Waals surface area contributed by atoms with Crippen LogP contribution in [0.4, 0.5) is 0 Å². The summed E-state index contributed by atoms with van der Waals surface area (Å²) in [5, 5.41) is 0. The van der Waals surface area contributed by atoms with Gasteiger partial charge in [-0.05, 0) is 0 Å². The first-order valence-corrected chi connectivity index (χ1v) is 1.84. The molecule has 0 aliphatic carbocycles. The van der Waals surface area contributed by atoms with Crippen molar-refractivity contribution < 1.29 is 0 Å². The molecule has 0 amide bonds. The zero-order valence-corrected chi connectivity index (χ0v) is 11.7. The standard InChI is InChI=1S/C2H6NSe.Sg/c1-3(2)4;/h1-2H3;. The van der Waals surface area contributed by atoms with Crippen LogP contribution in [0, 0.1) is 0 Å². The van der Waals surface area contributed by atoms with E-state index in [2.05, 4.69) is 16.2 Å². The minimum absolute atomic E-state index is 0. The maximum absolute atomic E-state index is 2.74. The van der Waals surface area contributed by atoms with Crippen LogP contribution in [0.2, 0.25) is 0 Å². The molecule has 0 N–H and O–H groups in total. The van der Waals surface area contributed by atoms with Crippen molar-refractivity contribution >= 4 is 16.2 Å². The molecule has 0 unspecified atom stereocenters. The molecule has 0 bridgehead atoms. The Morgan fingerprint density at radius 3 is 1.40 bits per heavy atom. The van der Waals surface area contributed by atoms with E-state index < -0.39 is 0 Å². The summed E-state index contributed by atoms with van der Waals surface area (Å²) >= 11 is 2.74. The molecule has 1 radical (unpaired) electrons. The van der Waals surface area contributed by atoms with Crippen molar-refractivity contribution in [2.45, 2.75) is 0 Å². The molecule has 27 valence electrons. The van der Waals surface area contributed by atoms with Gasteiger partial charge in [-0.2, -0.15) is 0 Å². The zero-order valence-electron chi connectivity index (χ0n) is 3.56. The Hall–Kier alpha value is -0.521. The van der Waals surface area contributed by atoms with Crippen LogP contribution in [0.3, 0.4) is 0 Å². The summed E-state index contributed by atoms with van der Waals surface area (Å²) < 4.78 is 1.88. The van der Waals surface area contributed by atoms with Gasteiger partial charge >= 0.3 is 34.2 Å². The van der Waals surface area contributed by atoms with Crippen molar-refractivity contribution in [3.8, 4) is 0 Å². The van der Waals surface area contributed by atoms with E-state index in [0.29, 0.717) is 0 Å². The minimum atomic E-state index is 0. The fraction of sp³-hybridized carbons (Fsp3) is 1.00. The number of hydrogen-bond acceptors (Lipinski definition) is 1. The molecule has 0 rings (SSSR count). The second-order valence-electron chi connectivity index (χ2n) is 0.812. The third-order valence-electron chi connectivity index (χ3n) is 0. The maximum Gasteiger partial charge on any atom is 0 e. The van der Waals surface area contributed by atoms with Gasteiger partial charge in [0, 0.05) is 0 Å².